The van der Waals surface area contributed by atoms with E-state index in [1.54, 1.807) is 0 Å². The van der Waals surface area contributed by atoms with E-state index in [1.807, 2.05) is 35.2 Å². The van der Waals surface area contributed by atoms with E-state index in [4.69, 9.17) is 0 Å². The number of nitrogens with zero attached hydrogens (tertiary/aromatic N) is 3. The van der Waals surface area contributed by atoms with Crippen molar-refractivity contribution in [2.45, 2.75) is 25.7 Å². The SMILES string of the molecule is O=C(CN1CCN(CC(=O)N2CCCc3ccccc32)CC1)NCCCc1ccccc1. The van der Waals surface area contributed by atoms with Gasteiger partial charge < -0.3 is 10.2 Å². The number of piperazine rings is 1. The molecule has 2 aliphatic rings. The molecule has 2 aromatic carbocycles. The molecular weight excluding hydrogens is 400 g/mol. The minimum atomic E-state index is 0.0903. The van der Waals surface area contributed by atoms with E-state index in [1.165, 1.54) is 11.1 Å². The van der Waals surface area contributed by atoms with Crippen molar-refractivity contribution in [1.82, 2.24) is 15.1 Å². The topological polar surface area (TPSA) is 55.9 Å². The van der Waals surface area contributed by atoms with Gasteiger partial charge in [-0.15, -0.1) is 0 Å². The smallest absolute Gasteiger partial charge is 0.241 e. The van der Waals surface area contributed by atoms with E-state index in [0.717, 1.165) is 64.1 Å². The average molecular weight is 435 g/mol. The summed E-state index contributed by atoms with van der Waals surface area (Å²) in [5.74, 6) is 0.272. The van der Waals surface area contributed by atoms with Crippen LogP contribution in [0.3, 0.4) is 0 Å². The van der Waals surface area contributed by atoms with Gasteiger partial charge >= 0.3 is 0 Å². The fraction of sp³-hybridized carbons (Fsp3) is 0.462. The molecule has 2 aromatic rings. The number of nitrogens with one attached hydrogen (secondary N) is 1. The number of para-hydroxylation sites is 1. The number of carbonyl (C=O) groups is 2. The first-order valence-electron chi connectivity index (χ1n) is 11.8. The molecule has 0 aliphatic carbocycles. The van der Waals surface area contributed by atoms with Gasteiger partial charge in [0.15, 0.2) is 0 Å². The van der Waals surface area contributed by atoms with Crippen molar-refractivity contribution < 1.29 is 9.59 Å². The molecule has 1 fully saturated rings. The summed E-state index contributed by atoms with van der Waals surface area (Å²) in [5, 5.41) is 3.04. The Kier molecular flexibility index (Phi) is 7.91. The second-order valence-electron chi connectivity index (χ2n) is 8.77. The highest BCUT2D eigenvalue weighted by atomic mass is 16.2. The third-order valence-corrected chi connectivity index (χ3v) is 6.41. The van der Waals surface area contributed by atoms with Gasteiger partial charge in [-0.05, 0) is 42.9 Å². The van der Waals surface area contributed by atoms with Crippen molar-refractivity contribution in [1.29, 1.82) is 0 Å². The third-order valence-electron chi connectivity index (χ3n) is 6.41. The van der Waals surface area contributed by atoms with Crippen molar-refractivity contribution in [3.05, 3.63) is 65.7 Å². The summed E-state index contributed by atoms with van der Waals surface area (Å²) in [7, 11) is 0. The normalized spacial score (nSPS) is 17.1. The van der Waals surface area contributed by atoms with E-state index in [0.29, 0.717) is 19.6 Å². The molecule has 0 unspecified atom stereocenters. The standard InChI is InChI=1S/C26H34N4O2/c31-25(27-14-6-10-22-8-2-1-3-9-22)20-28-16-18-29(19-17-28)21-26(32)30-15-7-12-23-11-4-5-13-24(23)30/h1-5,8-9,11,13H,6-7,10,12,14-21H2,(H,27,31). The fourth-order valence-corrected chi connectivity index (χ4v) is 4.60. The van der Waals surface area contributed by atoms with Gasteiger partial charge in [-0.25, -0.2) is 0 Å². The Bertz CT molecular complexity index is 894. The second kappa shape index (κ2) is 11.2. The monoisotopic (exact) mass is 434 g/mol. The highest BCUT2D eigenvalue weighted by Crippen LogP contribution is 2.26. The molecule has 0 spiro atoms. The predicted molar refractivity (Wildman–Crippen MR) is 128 cm³/mol. The van der Waals surface area contributed by atoms with Gasteiger partial charge in [-0.1, -0.05) is 48.5 Å². The minimum absolute atomic E-state index is 0.0903. The molecule has 0 aromatic heterocycles. The molecule has 0 saturated carbocycles. The van der Waals surface area contributed by atoms with Crippen molar-refractivity contribution in [2.24, 2.45) is 0 Å². The molecule has 0 atom stereocenters. The summed E-state index contributed by atoms with van der Waals surface area (Å²) in [4.78, 5) is 31.6. The second-order valence-corrected chi connectivity index (χ2v) is 8.77. The Morgan fingerprint density at radius 3 is 2.28 bits per heavy atom. The van der Waals surface area contributed by atoms with Gasteiger partial charge in [-0.2, -0.15) is 0 Å². The van der Waals surface area contributed by atoms with Crippen LogP contribution in [0.5, 0.6) is 0 Å². The Morgan fingerprint density at radius 2 is 1.50 bits per heavy atom. The maximum absolute atomic E-state index is 12.9. The van der Waals surface area contributed by atoms with Crippen molar-refractivity contribution >= 4 is 17.5 Å². The first-order valence-corrected chi connectivity index (χ1v) is 11.8. The summed E-state index contributed by atoms with van der Waals surface area (Å²) in [6.45, 7) is 5.69. The first kappa shape index (κ1) is 22.5. The van der Waals surface area contributed by atoms with Crippen LogP contribution in [0.4, 0.5) is 5.69 Å². The predicted octanol–water partition coefficient (Wildman–Crippen LogP) is 2.33. The van der Waals surface area contributed by atoms with Gasteiger partial charge in [-0.3, -0.25) is 19.4 Å². The Hall–Kier alpha value is -2.70. The van der Waals surface area contributed by atoms with Crippen molar-refractivity contribution in [3.8, 4) is 0 Å². The van der Waals surface area contributed by atoms with Crippen LogP contribution in [-0.4, -0.2) is 74.0 Å². The molecule has 0 bridgehead atoms. The number of hydrogen-bond acceptors (Lipinski definition) is 4. The third kappa shape index (κ3) is 6.17. The van der Waals surface area contributed by atoms with E-state index >= 15 is 0 Å². The molecule has 6 heteroatoms. The maximum atomic E-state index is 12.9. The van der Waals surface area contributed by atoms with E-state index in [2.05, 4.69) is 39.4 Å². The van der Waals surface area contributed by atoms with Crippen LogP contribution in [0.1, 0.15) is 24.0 Å². The van der Waals surface area contributed by atoms with Crippen LogP contribution in [0.2, 0.25) is 0 Å². The van der Waals surface area contributed by atoms with Crippen LogP contribution in [0.15, 0.2) is 54.6 Å². The van der Waals surface area contributed by atoms with Gasteiger partial charge in [0.05, 0.1) is 13.1 Å². The molecule has 2 aliphatic heterocycles. The van der Waals surface area contributed by atoms with E-state index < -0.39 is 0 Å². The Labute approximate surface area is 191 Å². The zero-order valence-electron chi connectivity index (χ0n) is 18.8. The van der Waals surface area contributed by atoms with Crippen LogP contribution in [-0.2, 0) is 22.4 Å². The molecule has 4 rings (SSSR count). The van der Waals surface area contributed by atoms with Crippen molar-refractivity contribution in [2.75, 3.05) is 57.3 Å². The number of aryl methyl sites for hydroxylation is 2. The van der Waals surface area contributed by atoms with Crippen LogP contribution in [0.25, 0.3) is 0 Å². The van der Waals surface area contributed by atoms with Crippen LogP contribution < -0.4 is 10.2 Å². The molecule has 2 amide bonds. The quantitative estimate of drug-likeness (QED) is 0.648. The van der Waals surface area contributed by atoms with Gasteiger partial charge in [0.25, 0.3) is 0 Å². The highest BCUT2D eigenvalue weighted by Gasteiger charge is 2.26. The summed E-state index contributed by atoms with van der Waals surface area (Å²) < 4.78 is 0. The summed E-state index contributed by atoms with van der Waals surface area (Å²) in [6, 6.07) is 18.6. The summed E-state index contributed by atoms with van der Waals surface area (Å²) >= 11 is 0. The van der Waals surface area contributed by atoms with Crippen molar-refractivity contribution in [3.63, 3.8) is 0 Å². The number of fused-ring (bicyclic) bond motifs is 1. The Morgan fingerprint density at radius 1 is 0.812 bits per heavy atom. The lowest BCUT2D eigenvalue weighted by molar-refractivity contribution is -0.124. The lowest BCUT2D eigenvalue weighted by Gasteiger charge is -2.36. The fourth-order valence-electron chi connectivity index (χ4n) is 4.60. The largest absolute Gasteiger partial charge is 0.355 e. The number of rotatable bonds is 8. The number of benzene rings is 2. The van der Waals surface area contributed by atoms with Gasteiger partial charge in [0.1, 0.15) is 0 Å². The molecule has 170 valence electrons. The molecule has 1 N–H and O–H groups in total. The first-order chi connectivity index (χ1) is 15.7. The lowest BCUT2D eigenvalue weighted by atomic mass is 10.0. The van der Waals surface area contributed by atoms with Gasteiger partial charge in [0, 0.05) is 45.0 Å². The number of amides is 2. The van der Waals surface area contributed by atoms with Crippen LogP contribution in [0, 0.1) is 0 Å². The zero-order valence-corrected chi connectivity index (χ0v) is 18.8. The number of carbonyl (C=O) groups excluding carboxylic acids is 2. The van der Waals surface area contributed by atoms with Crippen LogP contribution >= 0.6 is 0 Å². The molecule has 0 radical (unpaired) electrons. The molecule has 1 saturated heterocycles. The molecule has 2 heterocycles. The van der Waals surface area contributed by atoms with E-state index in [9.17, 15) is 9.59 Å². The zero-order chi connectivity index (χ0) is 22.2. The maximum Gasteiger partial charge on any atom is 0.241 e. The van der Waals surface area contributed by atoms with E-state index in [-0.39, 0.29) is 11.8 Å². The Balaban J connectivity index is 1.14. The molecule has 6 nitrogen and oxygen atoms in total. The minimum Gasteiger partial charge on any atom is -0.355 e. The van der Waals surface area contributed by atoms with Gasteiger partial charge in [0.2, 0.25) is 11.8 Å². The molecular formula is C26H34N4O2. The summed E-state index contributed by atoms with van der Waals surface area (Å²) in [5.41, 5.74) is 3.65. The number of anilines is 1. The summed E-state index contributed by atoms with van der Waals surface area (Å²) in [6.07, 6.45) is 4.00. The number of hydrogen-bond donors (Lipinski definition) is 1. The highest BCUT2D eigenvalue weighted by molar-refractivity contribution is 5.96. The lowest BCUT2D eigenvalue weighted by Crippen LogP contribution is -2.52. The average Bonchev–Trinajstić information content (AvgIpc) is 2.83. The molecule has 32 heavy (non-hydrogen) atoms.